The van der Waals surface area contributed by atoms with Crippen LogP contribution in [0.5, 0.6) is 0 Å². The predicted molar refractivity (Wildman–Crippen MR) is 67.3 cm³/mol. The van der Waals surface area contributed by atoms with Crippen LogP contribution >= 0.6 is 11.3 Å². The number of halogens is 1. The molecule has 0 aromatic carbocycles. The van der Waals surface area contributed by atoms with E-state index < -0.39 is 11.6 Å². The first-order chi connectivity index (χ1) is 8.60. The Kier molecular flexibility index (Phi) is 2.44. The second kappa shape index (κ2) is 3.88. The summed E-state index contributed by atoms with van der Waals surface area (Å²) in [4.78, 5) is 21.2. The summed E-state index contributed by atoms with van der Waals surface area (Å²) in [5.74, 6) is -0.225. The number of hydrogen-bond acceptors (Lipinski definition) is 5. The van der Waals surface area contributed by atoms with Crippen molar-refractivity contribution in [2.75, 3.05) is 18.0 Å². The molecule has 1 unspecified atom stereocenters. The molecular formula is C11H11FN4OS. The summed E-state index contributed by atoms with van der Waals surface area (Å²) in [5.41, 5.74) is 3.98. The molecule has 2 N–H and O–H groups in total. The largest absolute Gasteiger partial charge is 0.367 e. The fourth-order valence-electron chi connectivity index (χ4n) is 2.16. The topological polar surface area (TPSA) is 72.1 Å². The minimum absolute atomic E-state index is 0.0354. The third-order valence-corrected chi connectivity index (χ3v) is 4.08. The highest BCUT2D eigenvalue weighted by atomic mass is 32.1. The maximum atomic E-state index is 14.1. The van der Waals surface area contributed by atoms with Crippen LogP contribution in [-0.4, -0.2) is 34.6 Å². The Hall–Kier alpha value is -1.76. The fraction of sp³-hybridized carbons (Fsp3) is 0.364. The molecule has 0 aliphatic carbocycles. The maximum absolute atomic E-state index is 14.1. The quantitative estimate of drug-likeness (QED) is 0.883. The van der Waals surface area contributed by atoms with E-state index in [-0.39, 0.29) is 13.0 Å². The Morgan fingerprint density at radius 1 is 1.56 bits per heavy atom. The molecule has 2 aromatic heterocycles. The summed E-state index contributed by atoms with van der Waals surface area (Å²) in [6.45, 7) is 0.399. The number of nitrogens with two attached hydrogens (primary N) is 1. The molecule has 5 nitrogen and oxygen atoms in total. The Morgan fingerprint density at radius 3 is 3.11 bits per heavy atom. The number of fused-ring (bicyclic) bond motifs is 1. The van der Waals surface area contributed by atoms with Crippen LogP contribution in [0.4, 0.5) is 10.2 Å². The first-order valence-electron chi connectivity index (χ1n) is 5.52. The van der Waals surface area contributed by atoms with Gasteiger partial charge in [-0.15, -0.1) is 11.3 Å². The van der Waals surface area contributed by atoms with Crippen molar-refractivity contribution in [3.63, 3.8) is 0 Å². The molecule has 94 valence electrons. The van der Waals surface area contributed by atoms with E-state index in [2.05, 4.69) is 9.97 Å². The number of thiophene rings is 1. The Morgan fingerprint density at radius 2 is 2.39 bits per heavy atom. The van der Waals surface area contributed by atoms with Crippen LogP contribution in [-0.2, 0) is 4.79 Å². The van der Waals surface area contributed by atoms with Gasteiger partial charge in [0.2, 0.25) is 5.67 Å². The van der Waals surface area contributed by atoms with Crippen molar-refractivity contribution in [1.29, 1.82) is 0 Å². The zero-order valence-corrected chi connectivity index (χ0v) is 10.3. The molecule has 7 heteroatoms. The molecule has 1 aliphatic heterocycles. The monoisotopic (exact) mass is 266 g/mol. The molecule has 3 rings (SSSR count). The fourth-order valence-corrected chi connectivity index (χ4v) is 3.02. The van der Waals surface area contributed by atoms with Gasteiger partial charge >= 0.3 is 0 Å². The van der Waals surface area contributed by atoms with Gasteiger partial charge in [-0.2, -0.15) is 0 Å². The number of alkyl halides is 1. The summed E-state index contributed by atoms with van der Waals surface area (Å²) in [5, 5.41) is 1.91. The van der Waals surface area contributed by atoms with Crippen molar-refractivity contribution in [3.8, 4) is 0 Å². The van der Waals surface area contributed by atoms with Gasteiger partial charge in [0.25, 0.3) is 5.91 Å². The van der Waals surface area contributed by atoms with Gasteiger partial charge in [0.15, 0.2) is 0 Å². The standard InChI is InChI=1S/C11H11FN4OS/c12-11(10(13)17)2-3-16(5-11)9-8-7(1-4-18-8)14-6-15-9/h1,4,6H,2-3,5H2,(H2,13,17). The predicted octanol–water partition coefficient (Wildman–Crippen LogP) is 1.09. The number of amides is 1. The SMILES string of the molecule is NC(=O)C1(F)CCN(c2ncnc3ccsc23)C1. The van der Waals surface area contributed by atoms with Gasteiger partial charge in [-0.1, -0.05) is 0 Å². The van der Waals surface area contributed by atoms with Crippen LogP contribution in [0.3, 0.4) is 0 Å². The van der Waals surface area contributed by atoms with E-state index in [4.69, 9.17) is 5.73 Å². The summed E-state index contributed by atoms with van der Waals surface area (Å²) < 4.78 is 15.0. The number of hydrogen-bond donors (Lipinski definition) is 1. The first kappa shape index (κ1) is 11.3. The maximum Gasteiger partial charge on any atom is 0.257 e. The van der Waals surface area contributed by atoms with Gasteiger partial charge < -0.3 is 10.6 Å². The number of carbonyl (C=O) groups excluding carboxylic acids is 1. The summed E-state index contributed by atoms with van der Waals surface area (Å²) in [7, 11) is 0. The minimum Gasteiger partial charge on any atom is -0.367 e. The summed E-state index contributed by atoms with van der Waals surface area (Å²) in [6.07, 6.45) is 1.56. The second-order valence-corrected chi connectivity index (χ2v) is 5.25. The van der Waals surface area contributed by atoms with Crippen LogP contribution in [0.25, 0.3) is 10.2 Å². The summed E-state index contributed by atoms with van der Waals surface area (Å²) in [6, 6.07) is 1.89. The van der Waals surface area contributed by atoms with Crippen molar-refractivity contribution in [3.05, 3.63) is 17.8 Å². The third kappa shape index (κ3) is 1.62. The number of rotatable bonds is 2. The molecular weight excluding hydrogens is 255 g/mol. The highest BCUT2D eigenvalue weighted by Crippen LogP contribution is 2.33. The molecule has 2 aromatic rings. The lowest BCUT2D eigenvalue weighted by Gasteiger charge is -2.19. The molecule has 1 amide bonds. The Balaban J connectivity index is 1.98. The number of anilines is 1. The van der Waals surface area contributed by atoms with E-state index in [1.807, 2.05) is 11.4 Å². The zero-order chi connectivity index (χ0) is 12.8. The van der Waals surface area contributed by atoms with Gasteiger partial charge in [-0.3, -0.25) is 4.79 Å². The number of carbonyl (C=O) groups is 1. The van der Waals surface area contributed by atoms with Crippen molar-refractivity contribution < 1.29 is 9.18 Å². The average Bonchev–Trinajstić information content (AvgIpc) is 2.95. The van der Waals surface area contributed by atoms with Gasteiger partial charge in [0.05, 0.1) is 16.8 Å². The van der Waals surface area contributed by atoms with E-state index in [1.165, 1.54) is 17.7 Å². The van der Waals surface area contributed by atoms with E-state index in [1.54, 1.807) is 4.90 Å². The molecule has 1 aliphatic rings. The van der Waals surface area contributed by atoms with Gasteiger partial charge in [0, 0.05) is 13.0 Å². The molecule has 1 fully saturated rings. The minimum atomic E-state index is -1.95. The molecule has 0 saturated carbocycles. The van der Waals surface area contributed by atoms with Gasteiger partial charge in [-0.05, 0) is 11.4 Å². The van der Waals surface area contributed by atoms with Crippen LogP contribution in [0.1, 0.15) is 6.42 Å². The van der Waals surface area contributed by atoms with Gasteiger partial charge in [-0.25, -0.2) is 14.4 Å². The first-order valence-corrected chi connectivity index (χ1v) is 6.40. The van der Waals surface area contributed by atoms with Crippen molar-refractivity contribution in [1.82, 2.24) is 9.97 Å². The number of aromatic nitrogens is 2. The highest BCUT2D eigenvalue weighted by molar-refractivity contribution is 7.17. The van der Waals surface area contributed by atoms with Crippen LogP contribution in [0.15, 0.2) is 17.8 Å². The number of nitrogens with zero attached hydrogens (tertiary/aromatic N) is 3. The lowest BCUT2D eigenvalue weighted by Crippen LogP contribution is -2.42. The van der Waals surface area contributed by atoms with Crippen LogP contribution in [0.2, 0.25) is 0 Å². The lowest BCUT2D eigenvalue weighted by molar-refractivity contribution is -0.128. The highest BCUT2D eigenvalue weighted by Gasteiger charge is 2.44. The molecule has 1 saturated heterocycles. The lowest BCUT2D eigenvalue weighted by atomic mass is 10.1. The molecule has 3 heterocycles. The van der Waals surface area contributed by atoms with E-state index in [0.29, 0.717) is 12.4 Å². The van der Waals surface area contributed by atoms with Crippen LogP contribution in [0, 0.1) is 0 Å². The Bertz CT molecular complexity index is 616. The van der Waals surface area contributed by atoms with E-state index in [9.17, 15) is 9.18 Å². The van der Waals surface area contributed by atoms with E-state index >= 15 is 0 Å². The van der Waals surface area contributed by atoms with E-state index in [0.717, 1.165) is 10.2 Å². The Labute approximate surface area is 106 Å². The van der Waals surface area contributed by atoms with Gasteiger partial charge in [0.1, 0.15) is 12.1 Å². The normalized spacial score (nSPS) is 23.7. The second-order valence-electron chi connectivity index (χ2n) is 4.33. The molecule has 0 bridgehead atoms. The molecule has 0 radical (unpaired) electrons. The zero-order valence-electron chi connectivity index (χ0n) is 9.47. The third-order valence-electron chi connectivity index (χ3n) is 3.18. The number of primary amides is 1. The van der Waals surface area contributed by atoms with Crippen molar-refractivity contribution in [2.45, 2.75) is 12.1 Å². The van der Waals surface area contributed by atoms with Crippen LogP contribution < -0.4 is 10.6 Å². The summed E-state index contributed by atoms with van der Waals surface area (Å²) >= 11 is 1.50. The molecule has 1 atom stereocenters. The van der Waals surface area contributed by atoms with Crippen molar-refractivity contribution in [2.24, 2.45) is 5.73 Å². The van der Waals surface area contributed by atoms with Crippen molar-refractivity contribution >= 4 is 33.3 Å². The molecule has 18 heavy (non-hydrogen) atoms. The smallest absolute Gasteiger partial charge is 0.257 e. The molecule has 0 spiro atoms. The average molecular weight is 266 g/mol.